The van der Waals surface area contributed by atoms with Gasteiger partial charge in [0.2, 0.25) is 0 Å². The lowest BCUT2D eigenvalue weighted by Crippen LogP contribution is -2.25. The van der Waals surface area contributed by atoms with Crippen LogP contribution in [0.2, 0.25) is 5.02 Å². The fraction of sp³-hybridized carbons (Fsp3) is 0.219. The van der Waals surface area contributed by atoms with E-state index in [4.69, 9.17) is 26.4 Å². The van der Waals surface area contributed by atoms with Crippen molar-refractivity contribution in [2.45, 2.75) is 44.6 Å². The van der Waals surface area contributed by atoms with E-state index in [1.165, 1.54) is 16.5 Å². The summed E-state index contributed by atoms with van der Waals surface area (Å²) in [6, 6.07) is 25.5. The number of ether oxygens (including phenoxy) is 1. The fourth-order valence-electron chi connectivity index (χ4n) is 5.35. The zero-order valence-corrected chi connectivity index (χ0v) is 23.7. The number of rotatable bonds is 6. The van der Waals surface area contributed by atoms with E-state index in [1.54, 1.807) is 24.4 Å². The minimum Gasteiger partial charge on any atom is -0.488 e. The van der Waals surface area contributed by atoms with Crippen molar-refractivity contribution in [2.24, 2.45) is 5.10 Å². The highest BCUT2D eigenvalue weighted by Gasteiger charge is 2.22. The first-order valence-electron chi connectivity index (χ1n) is 13.2. The quantitative estimate of drug-likeness (QED) is 0.184. The van der Waals surface area contributed by atoms with Crippen LogP contribution in [0.5, 0.6) is 5.75 Å². The third kappa shape index (κ3) is 5.49. The molecule has 1 aliphatic carbocycles. The zero-order valence-electron chi connectivity index (χ0n) is 21.3. The number of aromatic nitrogens is 2. The molecule has 7 heteroatoms. The van der Waals surface area contributed by atoms with Gasteiger partial charge in [0, 0.05) is 21.0 Å². The minimum absolute atomic E-state index is 0.182. The maximum absolute atomic E-state index is 13.7. The lowest BCUT2D eigenvalue weighted by atomic mass is 9.88. The van der Waals surface area contributed by atoms with E-state index in [2.05, 4.69) is 40.2 Å². The monoisotopic (exact) mass is 599 g/mol. The van der Waals surface area contributed by atoms with Gasteiger partial charge in [0.15, 0.2) is 0 Å². The second-order valence-electron chi connectivity index (χ2n) is 9.94. The van der Waals surface area contributed by atoms with E-state index in [9.17, 15) is 4.79 Å². The number of hydrogen-bond donors (Lipinski definition) is 0. The van der Waals surface area contributed by atoms with E-state index in [0.29, 0.717) is 39.7 Å². The second-order valence-corrected chi connectivity index (χ2v) is 11.3. The van der Waals surface area contributed by atoms with Crippen LogP contribution in [0.25, 0.3) is 21.7 Å². The topological polar surface area (TPSA) is 56.5 Å². The molecule has 4 aromatic carbocycles. The molecule has 0 N–H and O–H groups in total. The van der Waals surface area contributed by atoms with Gasteiger partial charge in [-0.05, 0) is 65.6 Å². The molecule has 0 radical (unpaired) electrons. The van der Waals surface area contributed by atoms with Crippen molar-refractivity contribution >= 4 is 55.4 Å². The average molecular weight is 601 g/mol. The first kappa shape index (κ1) is 25.8. The average Bonchev–Trinajstić information content (AvgIpc) is 2.97. The van der Waals surface area contributed by atoms with Gasteiger partial charge in [0.1, 0.15) is 18.2 Å². The van der Waals surface area contributed by atoms with Crippen molar-refractivity contribution in [3.63, 3.8) is 0 Å². The molecule has 0 amide bonds. The van der Waals surface area contributed by atoms with Crippen molar-refractivity contribution in [1.29, 1.82) is 0 Å². The molecule has 0 spiro atoms. The molecular formula is C32H27BrClN3O2. The largest absolute Gasteiger partial charge is 0.488 e. The Bertz CT molecular complexity index is 1750. The Morgan fingerprint density at radius 1 is 0.974 bits per heavy atom. The first-order chi connectivity index (χ1) is 19.1. The van der Waals surface area contributed by atoms with Gasteiger partial charge in [-0.25, -0.2) is 4.98 Å². The molecule has 196 valence electrons. The van der Waals surface area contributed by atoms with Gasteiger partial charge < -0.3 is 4.74 Å². The lowest BCUT2D eigenvalue weighted by Gasteiger charge is -2.22. The van der Waals surface area contributed by atoms with Crippen molar-refractivity contribution in [3.8, 4) is 5.75 Å². The number of halogens is 2. The summed E-state index contributed by atoms with van der Waals surface area (Å²) < 4.78 is 8.58. The molecule has 6 rings (SSSR count). The van der Waals surface area contributed by atoms with Gasteiger partial charge in [-0.3, -0.25) is 4.79 Å². The molecule has 0 unspecified atom stereocenters. The number of hydrogen-bond acceptors (Lipinski definition) is 4. The summed E-state index contributed by atoms with van der Waals surface area (Å²) in [5, 5.41) is 8.11. The summed E-state index contributed by atoms with van der Waals surface area (Å²) >= 11 is 9.86. The molecule has 1 aliphatic rings. The van der Waals surface area contributed by atoms with Crippen LogP contribution in [0.3, 0.4) is 0 Å². The number of benzene rings is 4. The highest BCUT2D eigenvalue weighted by Crippen LogP contribution is 2.32. The van der Waals surface area contributed by atoms with Gasteiger partial charge >= 0.3 is 0 Å². The Balaban J connectivity index is 1.38. The molecule has 5 nitrogen and oxygen atoms in total. The van der Waals surface area contributed by atoms with Crippen LogP contribution < -0.4 is 10.3 Å². The van der Waals surface area contributed by atoms with E-state index < -0.39 is 0 Å². The zero-order chi connectivity index (χ0) is 26.8. The minimum atomic E-state index is -0.182. The van der Waals surface area contributed by atoms with Gasteiger partial charge in [-0.1, -0.05) is 89.3 Å². The van der Waals surface area contributed by atoms with Crippen LogP contribution in [-0.4, -0.2) is 15.9 Å². The molecule has 1 saturated carbocycles. The number of fused-ring (bicyclic) bond motifs is 2. The second kappa shape index (κ2) is 11.3. The summed E-state index contributed by atoms with van der Waals surface area (Å²) in [6.07, 6.45) is 7.13. The van der Waals surface area contributed by atoms with Crippen LogP contribution in [0, 0.1) is 0 Å². The predicted octanol–water partition coefficient (Wildman–Crippen LogP) is 8.47. The van der Waals surface area contributed by atoms with Gasteiger partial charge in [0.05, 0.1) is 17.1 Å². The molecule has 0 aliphatic heterocycles. The van der Waals surface area contributed by atoms with Gasteiger partial charge in [-0.15, -0.1) is 0 Å². The Morgan fingerprint density at radius 2 is 1.79 bits per heavy atom. The smallest absolute Gasteiger partial charge is 0.282 e. The van der Waals surface area contributed by atoms with Crippen LogP contribution in [0.1, 0.15) is 55.0 Å². The van der Waals surface area contributed by atoms with E-state index in [0.717, 1.165) is 41.1 Å². The van der Waals surface area contributed by atoms with Crippen molar-refractivity contribution in [2.75, 3.05) is 0 Å². The maximum atomic E-state index is 13.7. The lowest BCUT2D eigenvalue weighted by molar-refractivity contribution is 0.307. The molecule has 5 aromatic rings. The van der Waals surface area contributed by atoms with E-state index in [-0.39, 0.29) is 11.5 Å². The highest BCUT2D eigenvalue weighted by molar-refractivity contribution is 9.10. The Morgan fingerprint density at radius 3 is 2.67 bits per heavy atom. The fourth-order valence-corrected chi connectivity index (χ4v) is 5.89. The predicted molar refractivity (Wildman–Crippen MR) is 162 cm³/mol. The Kier molecular flexibility index (Phi) is 7.49. The summed E-state index contributed by atoms with van der Waals surface area (Å²) in [7, 11) is 0. The molecule has 1 fully saturated rings. The Hall–Kier alpha value is -3.48. The van der Waals surface area contributed by atoms with Crippen LogP contribution >= 0.6 is 27.5 Å². The third-order valence-electron chi connectivity index (χ3n) is 7.35. The summed E-state index contributed by atoms with van der Waals surface area (Å²) in [6.45, 7) is 0.392. The third-order valence-corrected chi connectivity index (χ3v) is 8.08. The summed E-state index contributed by atoms with van der Waals surface area (Å²) in [5.41, 5.74) is 2.29. The standard InChI is InChI=1S/C32H27BrClN3O2/c33-25-13-15-29-28(18-25)32(38)37(31(36-29)22-8-2-1-3-9-22)35-19-24-17-26(34)14-16-30(24)39-20-23-11-6-10-21-7-4-5-12-27(21)23/h4-7,10-19,22H,1-3,8-9,20H2. The summed E-state index contributed by atoms with van der Waals surface area (Å²) in [5.74, 6) is 1.55. The van der Waals surface area contributed by atoms with Crippen LogP contribution in [0.15, 0.2) is 93.2 Å². The van der Waals surface area contributed by atoms with E-state index >= 15 is 0 Å². The molecule has 0 atom stereocenters. The normalized spacial score (nSPS) is 14.4. The van der Waals surface area contributed by atoms with Crippen molar-refractivity contribution < 1.29 is 4.74 Å². The molecule has 0 bridgehead atoms. The van der Waals surface area contributed by atoms with Crippen molar-refractivity contribution in [3.05, 3.63) is 116 Å². The van der Waals surface area contributed by atoms with Crippen LogP contribution in [0.4, 0.5) is 0 Å². The summed E-state index contributed by atoms with van der Waals surface area (Å²) in [4.78, 5) is 18.6. The maximum Gasteiger partial charge on any atom is 0.282 e. The number of nitrogens with zero attached hydrogens (tertiary/aromatic N) is 3. The highest BCUT2D eigenvalue weighted by atomic mass is 79.9. The van der Waals surface area contributed by atoms with Crippen LogP contribution in [-0.2, 0) is 6.61 Å². The Labute approximate surface area is 240 Å². The molecule has 1 heterocycles. The van der Waals surface area contributed by atoms with Crippen molar-refractivity contribution in [1.82, 2.24) is 9.66 Å². The SMILES string of the molecule is O=c1c2cc(Br)ccc2nc(C2CCCCC2)n1N=Cc1cc(Cl)ccc1OCc1cccc2ccccc12. The molecule has 0 saturated heterocycles. The van der Waals surface area contributed by atoms with Gasteiger partial charge in [-0.2, -0.15) is 9.78 Å². The van der Waals surface area contributed by atoms with Gasteiger partial charge in [0.25, 0.3) is 5.56 Å². The molecule has 1 aromatic heterocycles. The first-order valence-corrected chi connectivity index (χ1v) is 14.4. The molecule has 39 heavy (non-hydrogen) atoms. The van der Waals surface area contributed by atoms with E-state index in [1.807, 2.05) is 36.4 Å². The molecular weight excluding hydrogens is 574 g/mol.